The van der Waals surface area contributed by atoms with Gasteiger partial charge in [-0.05, 0) is 36.4 Å². The van der Waals surface area contributed by atoms with E-state index in [0.29, 0.717) is 5.41 Å². The van der Waals surface area contributed by atoms with Gasteiger partial charge in [0.15, 0.2) is 0 Å². The summed E-state index contributed by atoms with van der Waals surface area (Å²) >= 11 is 0. The molecular formula is C15H29N. The lowest BCUT2D eigenvalue weighted by molar-refractivity contribution is 0.501. The van der Waals surface area contributed by atoms with Crippen LogP contribution in [0.15, 0.2) is 24.3 Å². The summed E-state index contributed by atoms with van der Waals surface area (Å²) in [5.41, 5.74) is 7.83. The van der Waals surface area contributed by atoms with Gasteiger partial charge in [0, 0.05) is 0 Å². The third-order valence-corrected chi connectivity index (χ3v) is 3.01. The van der Waals surface area contributed by atoms with Crippen LogP contribution >= 0.6 is 0 Å². The van der Waals surface area contributed by atoms with Crippen molar-refractivity contribution in [2.45, 2.75) is 53.4 Å². The summed E-state index contributed by atoms with van der Waals surface area (Å²) in [6.45, 7) is 9.12. The Morgan fingerprint density at radius 1 is 1.06 bits per heavy atom. The van der Waals surface area contributed by atoms with Crippen molar-refractivity contribution in [3.05, 3.63) is 35.4 Å². The van der Waals surface area contributed by atoms with Gasteiger partial charge in [-0.1, -0.05) is 59.4 Å². The van der Waals surface area contributed by atoms with Crippen LogP contribution in [-0.2, 0) is 11.8 Å². The first kappa shape index (κ1) is 17.6. The summed E-state index contributed by atoms with van der Waals surface area (Å²) in [5, 5.41) is 0. The van der Waals surface area contributed by atoms with Crippen LogP contribution in [0.25, 0.3) is 0 Å². The van der Waals surface area contributed by atoms with E-state index >= 15 is 0 Å². The van der Waals surface area contributed by atoms with Gasteiger partial charge < -0.3 is 5.73 Å². The molecule has 94 valence electrons. The van der Waals surface area contributed by atoms with Crippen molar-refractivity contribution in [3.63, 3.8) is 0 Å². The number of nitrogens with two attached hydrogens (primary N) is 1. The Labute approximate surface area is 102 Å². The first-order valence-electron chi connectivity index (χ1n) is 5.78. The largest absolute Gasteiger partial charge is 0.333 e. The normalized spacial score (nSPS) is 9.88. The standard InChI is InChI=1S/C13H20.CH5N.CH4/c1-5-11-9-7-8-10-12(11)13(3,4)6-2;1-2;/h7-10H,5-6H2,1-4H3;2H2,1H3;1H4. The zero-order valence-corrected chi connectivity index (χ0v) is 10.8. The molecule has 0 atom stereocenters. The van der Waals surface area contributed by atoms with E-state index in [-0.39, 0.29) is 7.43 Å². The Balaban J connectivity index is 0. The Kier molecular flexibility index (Phi) is 9.17. The van der Waals surface area contributed by atoms with Crippen LogP contribution in [0, 0.1) is 0 Å². The molecule has 1 rings (SSSR count). The molecule has 0 saturated carbocycles. The first-order valence-corrected chi connectivity index (χ1v) is 5.78. The summed E-state index contributed by atoms with van der Waals surface area (Å²) < 4.78 is 0. The van der Waals surface area contributed by atoms with Gasteiger partial charge >= 0.3 is 0 Å². The lowest BCUT2D eigenvalue weighted by Gasteiger charge is -2.26. The fourth-order valence-corrected chi connectivity index (χ4v) is 1.68. The third kappa shape index (κ3) is 4.36. The van der Waals surface area contributed by atoms with Crippen LogP contribution in [-0.4, -0.2) is 7.05 Å². The quantitative estimate of drug-likeness (QED) is 0.818. The van der Waals surface area contributed by atoms with Crippen molar-refractivity contribution in [3.8, 4) is 0 Å². The zero-order valence-electron chi connectivity index (χ0n) is 10.8. The molecule has 0 amide bonds. The Hall–Kier alpha value is -0.820. The maximum absolute atomic E-state index is 4.50. The van der Waals surface area contributed by atoms with Gasteiger partial charge in [0.25, 0.3) is 0 Å². The summed E-state index contributed by atoms with van der Waals surface area (Å²) in [6.07, 6.45) is 2.34. The molecule has 0 bridgehead atoms. The molecule has 1 nitrogen and oxygen atoms in total. The summed E-state index contributed by atoms with van der Waals surface area (Å²) in [5.74, 6) is 0. The Bertz CT molecular complexity index is 277. The summed E-state index contributed by atoms with van der Waals surface area (Å²) in [6, 6.07) is 8.79. The molecule has 0 aliphatic heterocycles. The van der Waals surface area contributed by atoms with Crippen LogP contribution in [0.1, 0.15) is 52.7 Å². The lowest BCUT2D eigenvalue weighted by Crippen LogP contribution is -2.17. The minimum absolute atomic E-state index is 0. The molecule has 1 heteroatoms. The average molecular weight is 223 g/mol. The topological polar surface area (TPSA) is 26.0 Å². The average Bonchev–Trinajstić information content (AvgIpc) is 2.31. The molecule has 2 N–H and O–H groups in total. The monoisotopic (exact) mass is 223 g/mol. The number of rotatable bonds is 3. The maximum atomic E-state index is 4.50. The van der Waals surface area contributed by atoms with Crippen molar-refractivity contribution in [2.24, 2.45) is 5.73 Å². The van der Waals surface area contributed by atoms with E-state index in [9.17, 15) is 0 Å². The highest BCUT2D eigenvalue weighted by atomic mass is 14.4. The lowest BCUT2D eigenvalue weighted by atomic mass is 9.79. The molecule has 0 aliphatic rings. The number of hydrogen-bond donors (Lipinski definition) is 1. The highest BCUT2D eigenvalue weighted by Crippen LogP contribution is 2.29. The molecule has 0 radical (unpaired) electrons. The van der Waals surface area contributed by atoms with Crippen molar-refractivity contribution < 1.29 is 0 Å². The molecule has 0 heterocycles. The van der Waals surface area contributed by atoms with Gasteiger partial charge in [0.1, 0.15) is 0 Å². The minimum atomic E-state index is 0. The van der Waals surface area contributed by atoms with E-state index in [1.807, 2.05) is 0 Å². The third-order valence-electron chi connectivity index (χ3n) is 3.01. The van der Waals surface area contributed by atoms with E-state index in [4.69, 9.17) is 0 Å². The predicted octanol–water partition coefficient (Wildman–Crippen LogP) is 4.15. The minimum Gasteiger partial charge on any atom is -0.333 e. The fraction of sp³-hybridized carbons (Fsp3) is 0.600. The zero-order chi connectivity index (χ0) is 11.9. The second kappa shape index (κ2) is 8.35. The number of hydrogen-bond acceptors (Lipinski definition) is 1. The molecule has 16 heavy (non-hydrogen) atoms. The van der Waals surface area contributed by atoms with Crippen LogP contribution < -0.4 is 5.73 Å². The van der Waals surface area contributed by atoms with Crippen molar-refractivity contribution in [1.82, 2.24) is 0 Å². The first-order chi connectivity index (χ1) is 7.11. The van der Waals surface area contributed by atoms with Gasteiger partial charge in [0.05, 0.1) is 0 Å². The molecule has 0 aliphatic carbocycles. The van der Waals surface area contributed by atoms with E-state index in [1.165, 1.54) is 24.6 Å². The smallest absolute Gasteiger partial charge is 0.0103 e. The van der Waals surface area contributed by atoms with E-state index in [0.717, 1.165) is 6.42 Å². The Morgan fingerprint density at radius 2 is 1.56 bits per heavy atom. The van der Waals surface area contributed by atoms with E-state index < -0.39 is 0 Å². The molecular weight excluding hydrogens is 194 g/mol. The van der Waals surface area contributed by atoms with Crippen molar-refractivity contribution in [1.29, 1.82) is 0 Å². The molecule has 0 aromatic heterocycles. The van der Waals surface area contributed by atoms with Crippen LogP contribution in [0.2, 0.25) is 0 Å². The van der Waals surface area contributed by atoms with Crippen LogP contribution in [0.4, 0.5) is 0 Å². The van der Waals surface area contributed by atoms with Crippen molar-refractivity contribution in [2.75, 3.05) is 7.05 Å². The molecule has 0 unspecified atom stereocenters. The molecule has 0 fully saturated rings. The van der Waals surface area contributed by atoms with E-state index in [2.05, 4.69) is 57.7 Å². The van der Waals surface area contributed by atoms with Crippen molar-refractivity contribution >= 4 is 0 Å². The van der Waals surface area contributed by atoms with Crippen LogP contribution in [0.3, 0.4) is 0 Å². The molecule has 0 spiro atoms. The molecule has 1 aromatic rings. The predicted molar refractivity (Wildman–Crippen MR) is 76.0 cm³/mol. The Morgan fingerprint density at radius 3 is 2.00 bits per heavy atom. The van der Waals surface area contributed by atoms with Gasteiger partial charge in [-0.25, -0.2) is 0 Å². The SMILES string of the molecule is C.CCc1ccccc1C(C)(C)CC.CN. The van der Waals surface area contributed by atoms with Gasteiger partial charge in [0.2, 0.25) is 0 Å². The highest BCUT2D eigenvalue weighted by molar-refractivity contribution is 5.33. The molecule has 1 aromatic carbocycles. The second-order valence-corrected chi connectivity index (χ2v) is 4.25. The van der Waals surface area contributed by atoms with Gasteiger partial charge in [-0.3, -0.25) is 0 Å². The number of benzene rings is 1. The summed E-state index contributed by atoms with van der Waals surface area (Å²) in [4.78, 5) is 0. The van der Waals surface area contributed by atoms with E-state index in [1.54, 1.807) is 0 Å². The molecule has 0 saturated heterocycles. The highest BCUT2D eigenvalue weighted by Gasteiger charge is 2.19. The second-order valence-electron chi connectivity index (χ2n) is 4.25. The van der Waals surface area contributed by atoms with Gasteiger partial charge in [-0.15, -0.1) is 0 Å². The fourth-order valence-electron chi connectivity index (χ4n) is 1.68. The number of aryl methyl sites for hydroxylation is 1. The van der Waals surface area contributed by atoms with Gasteiger partial charge in [-0.2, -0.15) is 0 Å². The van der Waals surface area contributed by atoms with Crippen LogP contribution in [0.5, 0.6) is 0 Å². The maximum Gasteiger partial charge on any atom is -0.0103 e. The summed E-state index contributed by atoms with van der Waals surface area (Å²) in [7, 11) is 1.50.